The monoisotopic (exact) mass is 249 g/mol. The van der Waals surface area contributed by atoms with Crippen LogP contribution in [0.5, 0.6) is 5.75 Å². The van der Waals surface area contributed by atoms with Crippen LogP contribution < -0.4 is 10.5 Å². The van der Waals surface area contributed by atoms with Gasteiger partial charge in [-0.25, -0.2) is 8.78 Å². The summed E-state index contributed by atoms with van der Waals surface area (Å²) in [6, 6.07) is 4.51. The molecular formula is C11H14ClF2NO. The second-order valence-corrected chi connectivity index (χ2v) is 3.12. The SMILES string of the molecule is COc1ccc(CC(=CF)CN)cc1F.Cl. The number of nitrogens with two attached hydrogens (primary N) is 1. The van der Waals surface area contributed by atoms with Crippen LogP contribution in [0.2, 0.25) is 0 Å². The van der Waals surface area contributed by atoms with Gasteiger partial charge in [0.15, 0.2) is 11.6 Å². The van der Waals surface area contributed by atoms with Gasteiger partial charge in [0.2, 0.25) is 0 Å². The third kappa shape index (κ3) is 3.79. The first-order valence-corrected chi connectivity index (χ1v) is 4.52. The van der Waals surface area contributed by atoms with E-state index in [-0.39, 0.29) is 24.7 Å². The van der Waals surface area contributed by atoms with Crippen molar-refractivity contribution in [3.05, 3.63) is 41.5 Å². The first-order chi connectivity index (χ1) is 7.21. The lowest BCUT2D eigenvalue weighted by Gasteiger charge is -2.06. The Morgan fingerprint density at radius 3 is 2.62 bits per heavy atom. The summed E-state index contributed by atoms with van der Waals surface area (Å²) < 4.78 is 30.2. The van der Waals surface area contributed by atoms with E-state index < -0.39 is 5.82 Å². The molecule has 0 bridgehead atoms. The zero-order chi connectivity index (χ0) is 11.3. The topological polar surface area (TPSA) is 35.2 Å². The Bertz CT molecular complexity index is 369. The van der Waals surface area contributed by atoms with Crippen LogP contribution in [-0.2, 0) is 6.42 Å². The molecule has 0 aliphatic rings. The Balaban J connectivity index is 0.00000225. The van der Waals surface area contributed by atoms with Crippen molar-refractivity contribution < 1.29 is 13.5 Å². The molecule has 1 rings (SSSR count). The van der Waals surface area contributed by atoms with Crippen LogP contribution in [0.4, 0.5) is 8.78 Å². The molecule has 0 saturated carbocycles. The molecule has 0 unspecified atom stereocenters. The summed E-state index contributed by atoms with van der Waals surface area (Å²) in [7, 11) is 1.39. The summed E-state index contributed by atoms with van der Waals surface area (Å²) in [5.74, 6) is -0.275. The molecule has 0 spiro atoms. The fraction of sp³-hybridized carbons (Fsp3) is 0.273. The number of ether oxygens (including phenoxy) is 1. The number of hydrogen-bond donors (Lipinski definition) is 1. The highest BCUT2D eigenvalue weighted by atomic mass is 35.5. The summed E-state index contributed by atoms with van der Waals surface area (Å²) in [5.41, 5.74) is 6.40. The molecule has 0 aliphatic carbocycles. The van der Waals surface area contributed by atoms with Gasteiger partial charge in [0.05, 0.1) is 13.4 Å². The predicted octanol–water partition coefficient (Wildman–Crippen LogP) is 2.61. The number of hydrogen-bond acceptors (Lipinski definition) is 2. The lowest BCUT2D eigenvalue weighted by molar-refractivity contribution is 0.386. The quantitative estimate of drug-likeness (QED) is 0.890. The normalized spacial score (nSPS) is 10.9. The van der Waals surface area contributed by atoms with Gasteiger partial charge >= 0.3 is 0 Å². The van der Waals surface area contributed by atoms with Crippen LogP contribution in [0.15, 0.2) is 30.1 Å². The van der Waals surface area contributed by atoms with Crippen molar-refractivity contribution in [2.45, 2.75) is 6.42 Å². The number of rotatable bonds is 4. The summed E-state index contributed by atoms with van der Waals surface area (Å²) in [4.78, 5) is 0. The molecule has 2 nitrogen and oxygen atoms in total. The third-order valence-electron chi connectivity index (χ3n) is 2.06. The van der Waals surface area contributed by atoms with E-state index in [1.807, 2.05) is 0 Å². The van der Waals surface area contributed by atoms with Gasteiger partial charge < -0.3 is 10.5 Å². The van der Waals surface area contributed by atoms with Crippen LogP contribution in [0.25, 0.3) is 0 Å². The molecule has 0 heterocycles. The molecule has 1 aromatic rings. The zero-order valence-corrected chi connectivity index (χ0v) is 9.69. The first kappa shape index (κ1) is 14.9. The van der Waals surface area contributed by atoms with Crippen molar-refractivity contribution >= 4 is 12.4 Å². The molecule has 0 saturated heterocycles. The van der Waals surface area contributed by atoms with E-state index in [4.69, 9.17) is 10.5 Å². The molecule has 5 heteroatoms. The molecule has 0 radical (unpaired) electrons. The molecule has 0 aliphatic heterocycles. The molecule has 0 amide bonds. The molecular weight excluding hydrogens is 236 g/mol. The van der Waals surface area contributed by atoms with E-state index in [0.29, 0.717) is 23.9 Å². The molecule has 2 N–H and O–H groups in total. The maximum absolute atomic E-state index is 13.2. The minimum absolute atomic E-state index is 0. The summed E-state index contributed by atoms with van der Waals surface area (Å²) in [6.45, 7) is 0.129. The van der Waals surface area contributed by atoms with Crippen LogP contribution in [0.3, 0.4) is 0 Å². The summed E-state index contributed by atoms with van der Waals surface area (Å²) >= 11 is 0. The first-order valence-electron chi connectivity index (χ1n) is 4.52. The fourth-order valence-corrected chi connectivity index (χ4v) is 1.24. The smallest absolute Gasteiger partial charge is 0.165 e. The van der Waals surface area contributed by atoms with Gasteiger partial charge in [-0.05, 0) is 29.7 Å². The van der Waals surface area contributed by atoms with Crippen LogP contribution >= 0.6 is 12.4 Å². The number of methoxy groups -OCH3 is 1. The Labute approximate surface area is 99.5 Å². The largest absolute Gasteiger partial charge is 0.494 e. The summed E-state index contributed by atoms with van der Waals surface area (Å²) in [5, 5.41) is 0. The van der Waals surface area contributed by atoms with Crippen molar-refractivity contribution in [2.24, 2.45) is 5.73 Å². The van der Waals surface area contributed by atoms with E-state index in [2.05, 4.69) is 0 Å². The summed E-state index contributed by atoms with van der Waals surface area (Å²) in [6.07, 6.45) is 0.774. The van der Waals surface area contributed by atoms with Crippen molar-refractivity contribution in [2.75, 3.05) is 13.7 Å². The average Bonchev–Trinajstić information content (AvgIpc) is 2.26. The fourth-order valence-electron chi connectivity index (χ4n) is 1.24. The lowest BCUT2D eigenvalue weighted by Crippen LogP contribution is -2.05. The molecule has 90 valence electrons. The van der Waals surface area contributed by atoms with Crippen LogP contribution in [0, 0.1) is 5.82 Å². The minimum atomic E-state index is -0.453. The molecule has 16 heavy (non-hydrogen) atoms. The predicted molar refractivity (Wildman–Crippen MR) is 62.1 cm³/mol. The van der Waals surface area contributed by atoms with E-state index in [1.165, 1.54) is 19.2 Å². The van der Waals surface area contributed by atoms with Crippen molar-refractivity contribution in [3.8, 4) is 5.75 Å². The van der Waals surface area contributed by atoms with E-state index >= 15 is 0 Å². The highest BCUT2D eigenvalue weighted by molar-refractivity contribution is 5.85. The highest BCUT2D eigenvalue weighted by Crippen LogP contribution is 2.19. The Morgan fingerprint density at radius 1 is 1.50 bits per heavy atom. The zero-order valence-electron chi connectivity index (χ0n) is 8.87. The van der Waals surface area contributed by atoms with Crippen LogP contribution in [-0.4, -0.2) is 13.7 Å². The van der Waals surface area contributed by atoms with Gasteiger partial charge in [-0.15, -0.1) is 12.4 Å². The molecule has 0 atom stereocenters. The van der Waals surface area contributed by atoms with Crippen LogP contribution in [0.1, 0.15) is 5.56 Å². The maximum Gasteiger partial charge on any atom is 0.165 e. The van der Waals surface area contributed by atoms with Crippen molar-refractivity contribution in [3.63, 3.8) is 0 Å². The maximum atomic E-state index is 13.2. The number of benzene rings is 1. The van der Waals surface area contributed by atoms with Gasteiger partial charge in [-0.2, -0.15) is 0 Å². The second kappa shape index (κ2) is 7.19. The third-order valence-corrected chi connectivity index (χ3v) is 2.06. The van der Waals surface area contributed by atoms with Gasteiger partial charge in [0.25, 0.3) is 0 Å². The van der Waals surface area contributed by atoms with Crippen molar-refractivity contribution in [1.29, 1.82) is 0 Å². The number of halogens is 3. The van der Waals surface area contributed by atoms with E-state index in [9.17, 15) is 8.78 Å². The molecule has 0 aromatic heterocycles. The molecule has 0 fully saturated rings. The van der Waals surface area contributed by atoms with Gasteiger partial charge in [0.1, 0.15) is 0 Å². The standard InChI is InChI=1S/C11H13F2NO.ClH/c1-15-11-3-2-8(5-10(11)13)4-9(6-12)7-14;/h2-3,5-6H,4,7,14H2,1H3;1H. The van der Waals surface area contributed by atoms with E-state index in [0.717, 1.165) is 0 Å². The van der Waals surface area contributed by atoms with Gasteiger partial charge in [-0.1, -0.05) is 6.07 Å². The molecule has 1 aromatic carbocycles. The average molecular weight is 250 g/mol. The van der Waals surface area contributed by atoms with Gasteiger partial charge in [-0.3, -0.25) is 0 Å². The Morgan fingerprint density at radius 2 is 2.19 bits per heavy atom. The Kier molecular flexibility index (Phi) is 6.69. The minimum Gasteiger partial charge on any atom is -0.494 e. The Hall–Kier alpha value is -1.13. The van der Waals surface area contributed by atoms with Crippen molar-refractivity contribution in [1.82, 2.24) is 0 Å². The highest BCUT2D eigenvalue weighted by Gasteiger charge is 2.04. The second-order valence-electron chi connectivity index (χ2n) is 3.12. The lowest BCUT2D eigenvalue weighted by atomic mass is 10.1. The van der Waals surface area contributed by atoms with E-state index in [1.54, 1.807) is 6.07 Å². The van der Waals surface area contributed by atoms with Gasteiger partial charge in [0, 0.05) is 6.54 Å².